The van der Waals surface area contributed by atoms with Gasteiger partial charge in [0.25, 0.3) is 0 Å². The van der Waals surface area contributed by atoms with Crippen molar-refractivity contribution in [1.29, 1.82) is 0 Å². The Bertz CT molecular complexity index is 663. The van der Waals surface area contributed by atoms with Crippen LogP contribution >= 0.6 is 0 Å². The maximum Gasteiger partial charge on any atom is 0.316 e. The lowest BCUT2D eigenvalue weighted by Crippen LogP contribution is -2.41. The second kappa shape index (κ2) is 4.33. The Balaban J connectivity index is 3.11. The van der Waals surface area contributed by atoms with Gasteiger partial charge in [0, 0.05) is 18.8 Å². The van der Waals surface area contributed by atoms with E-state index in [2.05, 4.69) is 0 Å². The summed E-state index contributed by atoms with van der Waals surface area (Å²) in [6, 6.07) is 3.63. The van der Waals surface area contributed by atoms with Gasteiger partial charge in [0.2, 0.25) is 0 Å². The molecule has 0 amide bonds. The summed E-state index contributed by atoms with van der Waals surface area (Å²) >= 11 is 0. The fourth-order valence-corrected chi connectivity index (χ4v) is 2.21. The van der Waals surface area contributed by atoms with Gasteiger partial charge in [-0.05, 0) is 38.5 Å². The molecule has 0 saturated heterocycles. The molecule has 0 aliphatic rings. The van der Waals surface area contributed by atoms with E-state index in [1.165, 1.54) is 9.13 Å². The molecule has 0 radical (unpaired) electrons. The summed E-state index contributed by atoms with van der Waals surface area (Å²) in [5.41, 5.74) is 7.93. The fourth-order valence-electron chi connectivity index (χ4n) is 2.21. The highest BCUT2D eigenvalue weighted by atomic mass is 16.2. The molecule has 1 heterocycles. The Morgan fingerprint density at radius 1 is 1.00 bits per heavy atom. The summed E-state index contributed by atoms with van der Waals surface area (Å²) in [5, 5.41) is 0. The Morgan fingerprint density at radius 2 is 1.44 bits per heavy atom. The number of benzene rings is 1. The number of anilines is 1. The zero-order valence-electron chi connectivity index (χ0n) is 10.9. The zero-order valence-corrected chi connectivity index (χ0v) is 10.9. The van der Waals surface area contributed by atoms with E-state index in [4.69, 9.17) is 5.73 Å². The van der Waals surface area contributed by atoms with Gasteiger partial charge in [-0.25, -0.2) is 0 Å². The van der Waals surface area contributed by atoms with E-state index in [0.29, 0.717) is 24.3 Å². The molecule has 0 saturated carbocycles. The van der Waals surface area contributed by atoms with Crippen molar-refractivity contribution in [2.45, 2.75) is 33.9 Å². The minimum Gasteiger partial charge on any atom is -0.398 e. The van der Waals surface area contributed by atoms with Crippen LogP contribution in [-0.2, 0) is 13.1 Å². The largest absolute Gasteiger partial charge is 0.398 e. The topological polar surface area (TPSA) is 70.0 Å². The minimum absolute atomic E-state index is 0.456. The van der Waals surface area contributed by atoms with E-state index in [-0.39, 0.29) is 0 Å². The standard InChI is InChI=1S/C13H17N3O2/c1-4-15-10-6-8(3)9(14)7-11(10)16(5-2)13(18)12(15)17/h6-7H,4-5,14H2,1-3H3. The SMILES string of the molecule is CCn1c(=O)c(=O)n(CC)c2cc(N)c(C)cc21. The molecule has 0 aliphatic heterocycles. The van der Waals surface area contributed by atoms with Gasteiger partial charge in [-0.1, -0.05) is 0 Å². The van der Waals surface area contributed by atoms with Crippen molar-refractivity contribution in [3.05, 3.63) is 38.4 Å². The van der Waals surface area contributed by atoms with Gasteiger partial charge >= 0.3 is 11.1 Å². The normalized spacial score (nSPS) is 11.1. The monoisotopic (exact) mass is 247 g/mol. The lowest BCUT2D eigenvalue weighted by molar-refractivity contribution is 0.682. The first-order valence-electron chi connectivity index (χ1n) is 6.04. The van der Waals surface area contributed by atoms with Gasteiger partial charge < -0.3 is 14.9 Å². The molecule has 0 bridgehead atoms. The van der Waals surface area contributed by atoms with Gasteiger partial charge in [0.1, 0.15) is 0 Å². The fraction of sp³-hybridized carbons (Fsp3) is 0.385. The summed E-state index contributed by atoms with van der Waals surface area (Å²) in [7, 11) is 0. The van der Waals surface area contributed by atoms with Crippen LogP contribution < -0.4 is 16.9 Å². The lowest BCUT2D eigenvalue weighted by atomic mass is 10.1. The number of aryl methyl sites for hydroxylation is 3. The number of nitrogen functional groups attached to an aromatic ring is 1. The molecular formula is C13H17N3O2. The number of nitrogens with two attached hydrogens (primary N) is 1. The van der Waals surface area contributed by atoms with Crippen molar-refractivity contribution in [3.8, 4) is 0 Å². The van der Waals surface area contributed by atoms with Crippen molar-refractivity contribution in [2.24, 2.45) is 0 Å². The van der Waals surface area contributed by atoms with Crippen LogP contribution in [0.2, 0.25) is 0 Å². The van der Waals surface area contributed by atoms with Crippen molar-refractivity contribution in [1.82, 2.24) is 9.13 Å². The lowest BCUT2D eigenvalue weighted by Gasteiger charge is -2.14. The quantitative estimate of drug-likeness (QED) is 0.638. The Labute approximate surface area is 104 Å². The van der Waals surface area contributed by atoms with Crippen LogP contribution in [0.15, 0.2) is 21.7 Å². The van der Waals surface area contributed by atoms with Crippen LogP contribution in [0.1, 0.15) is 19.4 Å². The smallest absolute Gasteiger partial charge is 0.316 e. The molecule has 2 N–H and O–H groups in total. The van der Waals surface area contributed by atoms with E-state index in [1.807, 2.05) is 26.8 Å². The van der Waals surface area contributed by atoms with Crippen molar-refractivity contribution in [2.75, 3.05) is 5.73 Å². The maximum absolute atomic E-state index is 12.0. The number of nitrogens with zero attached hydrogens (tertiary/aromatic N) is 2. The van der Waals surface area contributed by atoms with Crippen LogP contribution in [0.3, 0.4) is 0 Å². The second-order valence-corrected chi connectivity index (χ2v) is 4.30. The number of hydrogen-bond acceptors (Lipinski definition) is 3. The number of hydrogen-bond donors (Lipinski definition) is 1. The average molecular weight is 247 g/mol. The highest BCUT2D eigenvalue weighted by Crippen LogP contribution is 2.19. The molecule has 0 fully saturated rings. The zero-order chi connectivity index (χ0) is 13.4. The van der Waals surface area contributed by atoms with E-state index in [0.717, 1.165) is 11.1 Å². The van der Waals surface area contributed by atoms with Gasteiger partial charge in [-0.2, -0.15) is 0 Å². The van der Waals surface area contributed by atoms with Gasteiger partial charge in [0.15, 0.2) is 0 Å². The molecular weight excluding hydrogens is 230 g/mol. The Hall–Kier alpha value is -2.04. The summed E-state index contributed by atoms with van der Waals surface area (Å²) in [6.07, 6.45) is 0. The minimum atomic E-state index is -0.491. The van der Waals surface area contributed by atoms with Crippen LogP contribution in [0, 0.1) is 6.92 Å². The summed E-state index contributed by atoms with van der Waals surface area (Å²) < 4.78 is 2.97. The third-order valence-electron chi connectivity index (χ3n) is 3.25. The summed E-state index contributed by atoms with van der Waals surface area (Å²) in [6.45, 7) is 6.51. The van der Waals surface area contributed by atoms with Crippen molar-refractivity contribution < 1.29 is 0 Å². The Kier molecular flexibility index (Phi) is 2.98. The molecule has 18 heavy (non-hydrogen) atoms. The molecule has 5 nitrogen and oxygen atoms in total. The third kappa shape index (κ3) is 1.63. The molecule has 2 aromatic rings. The summed E-state index contributed by atoms with van der Waals surface area (Å²) in [4.78, 5) is 24.0. The van der Waals surface area contributed by atoms with E-state index < -0.39 is 11.1 Å². The van der Waals surface area contributed by atoms with Gasteiger partial charge in [0.05, 0.1) is 11.0 Å². The predicted molar refractivity (Wildman–Crippen MR) is 73.0 cm³/mol. The van der Waals surface area contributed by atoms with Gasteiger partial charge in [-0.3, -0.25) is 9.59 Å². The molecule has 0 atom stereocenters. The number of rotatable bonds is 2. The number of aromatic nitrogens is 2. The van der Waals surface area contributed by atoms with Crippen LogP contribution in [0.25, 0.3) is 11.0 Å². The van der Waals surface area contributed by atoms with Crippen LogP contribution in [0.4, 0.5) is 5.69 Å². The molecule has 2 rings (SSSR count). The maximum atomic E-state index is 12.0. The van der Waals surface area contributed by atoms with E-state index in [9.17, 15) is 9.59 Å². The Morgan fingerprint density at radius 3 is 1.89 bits per heavy atom. The van der Waals surface area contributed by atoms with Crippen LogP contribution in [0.5, 0.6) is 0 Å². The molecule has 1 aromatic heterocycles. The first-order valence-corrected chi connectivity index (χ1v) is 6.04. The van der Waals surface area contributed by atoms with E-state index in [1.54, 1.807) is 6.07 Å². The first kappa shape index (κ1) is 12.4. The average Bonchev–Trinajstić information content (AvgIpc) is 2.34. The summed E-state index contributed by atoms with van der Waals surface area (Å²) in [5.74, 6) is 0. The van der Waals surface area contributed by atoms with E-state index >= 15 is 0 Å². The highest BCUT2D eigenvalue weighted by molar-refractivity contribution is 5.80. The van der Waals surface area contributed by atoms with Gasteiger partial charge in [-0.15, -0.1) is 0 Å². The molecule has 0 spiro atoms. The predicted octanol–water partition coefficient (Wildman–Crippen LogP) is 1.09. The molecule has 96 valence electrons. The molecule has 0 aliphatic carbocycles. The first-order chi connectivity index (χ1) is 8.51. The van der Waals surface area contributed by atoms with Crippen molar-refractivity contribution in [3.63, 3.8) is 0 Å². The van der Waals surface area contributed by atoms with Crippen molar-refractivity contribution >= 4 is 16.7 Å². The second-order valence-electron chi connectivity index (χ2n) is 4.30. The molecule has 1 aromatic carbocycles. The third-order valence-corrected chi connectivity index (χ3v) is 3.25. The molecule has 0 unspecified atom stereocenters. The number of fused-ring (bicyclic) bond motifs is 1. The van der Waals surface area contributed by atoms with Crippen LogP contribution in [-0.4, -0.2) is 9.13 Å². The molecule has 5 heteroatoms. The highest BCUT2D eigenvalue weighted by Gasteiger charge is 2.12.